The summed E-state index contributed by atoms with van der Waals surface area (Å²) in [6.07, 6.45) is 6.38. The van der Waals surface area contributed by atoms with E-state index in [2.05, 4.69) is 39.6 Å². The van der Waals surface area contributed by atoms with Crippen LogP contribution in [0, 0.1) is 0 Å². The maximum absolute atomic E-state index is 12.6. The zero-order chi connectivity index (χ0) is 26.5. The molecule has 8 nitrogen and oxygen atoms in total. The van der Waals surface area contributed by atoms with E-state index in [-0.39, 0.29) is 5.97 Å². The van der Waals surface area contributed by atoms with E-state index in [1.807, 2.05) is 37.4 Å². The topological polar surface area (TPSA) is 88.6 Å². The van der Waals surface area contributed by atoms with Crippen molar-refractivity contribution in [3.05, 3.63) is 59.9 Å². The quantitative estimate of drug-likeness (QED) is 0.216. The van der Waals surface area contributed by atoms with Gasteiger partial charge < -0.3 is 25.0 Å². The van der Waals surface area contributed by atoms with E-state index >= 15 is 0 Å². The van der Waals surface area contributed by atoms with Crippen LogP contribution in [-0.2, 0) is 27.1 Å². The number of carbonyl (C=O) groups is 1. The minimum atomic E-state index is -0.456. The lowest BCUT2D eigenvalue weighted by Crippen LogP contribution is -2.37. The number of para-hydroxylation sites is 1. The first kappa shape index (κ1) is 28.3. The first-order valence-electron chi connectivity index (χ1n) is 13.2. The second-order valence-corrected chi connectivity index (χ2v) is 9.09. The standard InChI is InChI=1S/C29H41N5O3/c1-5-22-13-14-23(32-28(22)30-2)10-8-9-18-34(20-21-36-3)19-16-27(29(35)37-4)33-26-15-17-31-25-12-7-6-11-24(25)26/h6-7,11-15,17,27H,5,8-10,16,18-21H2,1-4H3,(H,30,32)(H,31,33). The van der Waals surface area contributed by atoms with Crippen LogP contribution in [-0.4, -0.2) is 74.4 Å². The van der Waals surface area contributed by atoms with Crippen LogP contribution in [0.2, 0.25) is 0 Å². The van der Waals surface area contributed by atoms with Crippen molar-refractivity contribution in [3.63, 3.8) is 0 Å². The van der Waals surface area contributed by atoms with Gasteiger partial charge in [0.2, 0.25) is 0 Å². The van der Waals surface area contributed by atoms with E-state index in [1.165, 1.54) is 12.7 Å². The summed E-state index contributed by atoms with van der Waals surface area (Å²) in [7, 11) is 5.08. The van der Waals surface area contributed by atoms with E-state index in [0.717, 1.165) is 73.4 Å². The van der Waals surface area contributed by atoms with E-state index < -0.39 is 6.04 Å². The van der Waals surface area contributed by atoms with Gasteiger partial charge in [0, 0.05) is 50.2 Å². The van der Waals surface area contributed by atoms with E-state index in [0.29, 0.717) is 13.0 Å². The van der Waals surface area contributed by atoms with Crippen molar-refractivity contribution in [2.45, 2.75) is 45.1 Å². The number of nitrogens with zero attached hydrogens (tertiary/aromatic N) is 3. The van der Waals surface area contributed by atoms with Gasteiger partial charge in [0.15, 0.2) is 0 Å². The number of rotatable bonds is 16. The Morgan fingerprint density at radius 1 is 1.05 bits per heavy atom. The lowest BCUT2D eigenvalue weighted by Gasteiger charge is -2.25. The second kappa shape index (κ2) is 15.1. The first-order valence-corrected chi connectivity index (χ1v) is 13.2. The van der Waals surface area contributed by atoms with Gasteiger partial charge in [0.25, 0.3) is 0 Å². The number of hydrogen-bond donors (Lipinski definition) is 2. The summed E-state index contributed by atoms with van der Waals surface area (Å²) in [6.45, 7) is 5.30. The van der Waals surface area contributed by atoms with E-state index in [1.54, 1.807) is 13.3 Å². The third-order valence-electron chi connectivity index (χ3n) is 6.62. The van der Waals surface area contributed by atoms with Crippen molar-refractivity contribution in [3.8, 4) is 0 Å². The number of carbonyl (C=O) groups excluding carboxylic acids is 1. The zero-order valence-corrected chi connectivity index (χ0v) is 22.6. The Bertz CT molecular complexity index is 1120. The maximum Gasteiger partial charge on any atom is 0.328 e. The summed E-state index contributed by atoms with van der Waals surface area (Å²) >= 11 is 0. The Morgan fingerprint density at radius 2 is 1.89 bits per heavy atom. The third kappa shape index (κ3) is 8.40. The smallest absolute Gasteiger partial charge is 0.328 e. The molecule has 0 spiro atoms. The molecule has 2 aromatic heterocycles. The molecule has 0 saturated carbocycles. The molecular weight excluding hydrogens is 466 g/mol. The maximum atomic E-state index is 12.6. The van der Waals surface area contributed by atoms with Crippen LogP contribution < -0.4 is 10.6 Å². The summed E-state index contributed by atoms with van der Waals surface area (Å²) in [5.74, 6) is 0.708. The molecular formula is C29H41N5O3. The van der Waals surface area contributed by atoms with Crippen molar-refractivity contribution in [1.82, 2.24) is 14.9 Å². The lowest BCUT2D eigenvalue weighted by atomic mass is 10.1. The van der Waals surface area contributed by atoms with Crippen molar-refractivity contribution in [1.29, 1.82) is 0 Å². The third-order valence-corrected chi connectivity index (χ3v) is 6.62. The summed E-state index contributed by atoms with van der Waals surface area (Å²) in [5, 5.41) is 7.60. The molecule has 0 fully saturated rings. The summed E-state index contributed by atoms with van der Waals surface area (Å²) in [4.78, 5) is 24.2. The number of methoxy groups -OCH3 is 2. The molecule has 0 bridgehead atoms. The normalized spacial score (nSPS) is 12.0. The lowest BCUT2D eigenvalue weighted by molar-refractivity contribution is -0.141. The number of hydrogen-bond acceptors (Lipinski definition) is 8. The van der Waals surface area contributed by atoms with Crippen LogP contribution in [0.4, 0.5) is 11.5 Å². The second-order valence-electron chi connectivity index (χ2n) is 9.09. The highest BCUT2D eigenvalue weighted by Gasteiger charge is 2.21. The average molecular weight is 508 g/mol. The number of nitrogens with one attached hydrogen (secondary N) is 2. The molecule has 3 aromatic rings. The van der Waals surface area contributed by atoms with Crippen molar-refractivity contribution in [2.75, 3.05) is 58.1 Å². The van der Waals surface area contributed by atoms with Crippen LogP contribution in [0.1, 0.15) is 37.4 Å². The molecule has 200 valence electrons. The number of esters is 1. The van der Waals surface area contributed by atoms with E-state index in [9.17, 15) is 4.79 Å². The molecule has 0 aliphatic carbocycles. The zero-order valence-electron chi connectivity index (χ0n) is 22.6. The van der Waals surface area contributed by atoms with Gasteiger partial charge in [-0.1, -0.05) is 31.2 Å². The average Bonchev–Trinajstić information content (AvgIpc) is 2.94. The number of unbranched alkanes of at least 4 members (excludes halogenated alkanes) is 1. The molecule has 1 unspecified atom stereocenters. The van der Waals surface area contributed by atoms with Crippen LogP contribution >= 0.6 is 0 Å². The van der Waals surface area contributed by atoms with Gasteiger partial charge in [-0.05, 0) is 62.4 Å². The Balaban J connectivity index is 1.57. The van der Waals surface area contributed by atoms with Gasteiger partial charge in [0.1, 0.15) is 11.9 Å². The minimum absolute atomic E-state index is 0.269. The highest BCUT2D eigenvalue weighted by Crippen LogP contribution is 2.22. The number of ether oxygens (including phenoxy) is 2. The Kier molecular flexibility index (Phi) is 11.6. The molecule has 2 heterocycles. The molecule has 0 radical (unpaired) electrons. The highest BCUT2D eigenvalue weighted by molar-refractivity contribution is 5.92. The predicted octanol–water partition coefficient (Wildman–Crippen LogP) is 4.55. The van der Waals surface area contributed by atoms with Crippen LogP contribution in [0.25, 0.3) is 10.9 Å². The number of aryl methyl sites for hydroxylation is 2. The SMILES string of the molecule is CCc1ccc(CCCCN(CCOC)CCC(Nc2ccnc3ccccc23)C(=O)OC)nc1NC. The molecule has 1 aromatic carbocycles. The Hall–Kier alpha value is -3.23. The fourth-order valence-corrected chi connectivity index (χ4v) is 4.48. The van der Waals surface area contributed by atoms with E-state index in [4.69, 9.17) is 14.5 Å². The monoisotopic (exact) mass is 507 g/mol. The minimum Gasteiger partial charge on any atom is -0.467 e. The van der Waals surface area contributed by atoms with Gasteiger partial charge in [-0.25, -0.2) is 9.78 Å². The fourth-order valence-electron chi connectivity index (χ4n) is 4.48. The van der Waals surface area contributed by atoms with Gasteiger partial charge in [-0.15, -0.1) is 0 Å². The van der Waals surface area contributed by atoms with Crippen molar-refractivity contribution < 1.29 is 14.3 Å². The summed E-state index contributed by atoms with van der Waals surface area (Å²) in [6, 6.07) is 13.7. The molecule has 3 rings (SSSR count). The molecule has 0 aliphatic heterocycles. The van der Waals surface area contributed by atoms with Crippen LogP contribution in [0.3, 0.4) is 0 Å². The number of fused-ring (bicyclic) bond motifs is 1. The van der Waals surface area contributed by atoms with Gasteiger partial charge in [-0.3, -0.25) is 4.98 Å². The molecule has 8 heteroatoms. The number of pyridine rings is 2. The number of benzene rings is 1. The predicted molar refractivity (Wildman–Crippen MR) is 150 cm³/mol. The summed E-state index contributed by atoms with van der Waals surface area (Å²) in [5.41, 5.74) is 4.13. The highest BCUT2D eigenvalue weighted by atomic mass is 16.5. The molecule has 0 saturated heterocycles. The first-order chi connectivity index (χ1) is 18.1. The Labute approximate surface area is 220 Å². The molecule has 2 N–H and O–H groups in total. The Morgan fingerprint density at radius 3 is 2.65 bits per heavy atom. The molecule has 1 atom stereocenters. The number of anilines is 2. The van der Waals surface area contributed by atoms with Gasteiger partial charge in [-0.2, -0.15) is 0 Å². The number of aromatic nitrogens is 2. The van der Waals surface area contributed by atoms with Crippen molar-refractivity contribution >= 4 is 28.4 Å². The molecule has 0 aliphatic rings. The fraction of sp³-hybridized carbons (Fsp3) is 0.483. The largest absolute Gasteiger partial charge is 0.467 e. The van der Waals surface area contributed by atoms with Crippen LogP contribution in [0.15, 0.2) is 48.7 Å². The molecule has 0 amide bonds. The summed E-state index contributed by atoms with van der Waals surface area (Å²) < 4.78 is 10.5. The molecule has 37 heavy (non-hydrogen) atoms. The van der Waals surface area contributed by atoms with Gasteiger partial charge >= 0.3 is 5.97 Å². The van der Waals surface area contributed by atoms with Gasteiger partial charge in [0.05, 0.1) is 19.2 Å². The van der Waals surface area contributed by atoms with Crippen molar-refractivity contribution in [2.24, 2.45) is 0 Å². The van der Waals surface area contributed by atoms with Crippen LogP contribution in [0.5, 0.6) is 0 Å².